The van der Waals surface area contributed by atoms with Crippen LogP contribution in [0.15, 0.2) is 33.2 Å². The minimum absolute atomic E-state index is 0.0212. The number of nitrogens with one attached hydrogen (secondary N) is 1. The van der Waals surface area contributed by atoms with Crippen molar-refractivity contribution in [1.82, 2.24) is 4.90 Å². The van der Waals surface area contributed by atoms with Crippen molar-refractivity contribution in [3.8, 4) is 11.5 Å². The second kappa shape index (κ2) is 7.27. The number of aliphatic imine (C=N–C) groups is 1. The van der Waals surface area contributed by atoms with Crippen LogP contribution in [0.4, 0.5) is 0 Å². The lowest BCUT2D eigenvalue weighted by Crippen LogP contribution is -2.45. The average Bonchev–Trinajstić information content (AvgIpc) is 3.02. The molecule has 0 radical (unpaired) electrons. The van der Waals surface area contributed by atoms with E-state index in [2.05, 4.69) is 9.39 Å². The van der Waals surface area contributed by atoms with Gasteiger partial charge < -0.3 is 8.92 Å². The lowest BCUT2D eigenvalue weighted by atomic mass is 10.1. The van der Waals surface area contributed by atoms with Gasteiger partial charge in [0.1, 0.15) is 5.84 Å². The molecule has 154 valence electrons. The fourth-order valence-corrected chi connectivity index (χ4v) is 4.72. The molecule has 2 heterocycles. The number of amidine groups is 3. The van der Waals surface area contributed by atoms with Gasteiger partial charge in [-0.05, 0) is 23.8 Å². The largest absolute Gasteiger partial charge is 0.493 e. The van der Waals surface area contributed by atoms with Gasteiger partial charge in [-0.2, -0.15) is 17.8 Å². The predicted molar refractivity (Wildman–Crippen MR) is 108 cm³/mol. The normalized spacial score (nSPS) is 18.4. The van der Waals surface area contributed by atoms with Crippen LogP contribution in [0.3, 0.4) is 0 Å². The number of fused-ring (bicyclic) bond motifs is 1. The third-order valence-electron chi connectivity index (χ3n) is 3.57. The van der Waals surface area contributed by atoms with E-state index in [1.165, 1.54) is 31.4 Å². The highest BCUT2D eigenvalue weighted by Gasteiger charge is 2.41. The molecule has 29 heavy (non-hydrogen) atoms. The number of rotatable bonds is 4. The fourth-order valence-electron chi connectivity index (χ4n) is 2.41. The first-order valence-corrected chi connectivity index (χ1v) is 12.1. The van der Waals surface area contributed by atoms with Crippen LogP contribution >= 0.6 is 11.9 Å². The van der Waals surface area contributed by atoms with E-state index in [1.54, 1.807) is 0 Å². The Kier molecular flexibility index (Phi) is 5.27. The van der Waals surface area contributed by atoms with E-state index in [4.69, 9.17) is 14.3 Å². The minimum Gasteiger partial charge on any atom is -0.493 e. The molecule has 0 unspecified atom stereocenters. The van der Waals surface area contributed by atoms with E-state index < -0.39 is 31.7 Å². The molecule has 0 spiro atoms. The molecule has 2 aliphatic heterocycles. The highest BCUT2D eigenvalue weighted by molar-refractivity contribution is 8.16. The molecule has 1 N–H and O–H groups in total. The highest BCUT2D eigenvalue weighted by atomic mass is 32.2. The van der Waals surface area contributed by atoms with Crippen molar-refractivity contribution < 1.29 is 30.6 Å². The quantitative estimate of drug-likeness (QED) is 0.389. The molecular formula is C15H14N4O7S3. The second-order valence-corrected chi connectivity index (χ2v) is 10.1. The highest BCUT2D eigenvalue weighted by Crippen LogP contribution is 2.32. The van der Waals surface area contributed by atoms with Crippen LogP contribution in [-0.4, -0.2) is 63.4 Å². The van der Waals surface area contributed by atoms with E-state index >= 15 is 0 Å². The summed E-state index contributed by atoms with van der Waals surface area (Å²) in [5.74, 6) is -1.11. The summed E-state index contributed by atoms with van der Waals surface area (Å²) in [5.41, 5.74) is 0.200. The van der Waals surface area contributed by atoms with Crippen LogP contribution in [0.2, 0.25) is 0 Å². The molecule has 1 aromatic carbocycles. The van der Waals surface area contributed by atoms with Gasteiger partial charge in [0.25, 0.3) is 5.91 Å². The summed E-state index contributed by atoms with van der Waals surface area (Å²) in [7, 11) is -6.22. The minimum atomic E-state index is -3.78. The van der Waals surface area contributed by atoms with Gasteiger partial charge in [0.2, 0.25) is 20.2 Å². The molecule has 1 amide bonds. The van der Waals surface area contributed by atoms with Crippen molar-refractivity contribution in [3.63, 3.8) is 0 Å². The molecule has 11 nitrogen and oxygen atoms in total. The van der Waals surface area contributed by atoms with Gasteiger partial charge >= 0.3 is 10.1 Å². The van der Waals surface area contributed by atoms with Crippen LogP contribution in [0.1, 0.15) is 5.56 Å². The third-order valence-corrected chi connectivity index (χ3v) is 5.80. The third kappa shape index (κ3) is 4.33. The fraction of sp³-hybridized carbons (Fsp3) is 0.200. The summed E-state index contributed by atoms with van der Waals surface area (Å²) in [6, 6.07) is 4.17. The monoisotopic (exact) mass is 458 g/mol. The van der Waals surface area contributed by atoms with Gasteiger partial charge in [-0.15, -0.1) is 0 Å². The average molecular weight is 458 g/mol. The summed E-state index contributed by atoms with van der Waals surface area (Å²) in [4.78, 5) is 17.1. The van der Waals surface area contributed by atoms with E-state index in [-0.39, 0.29) is 27.4 Å². The number of sulfone groups is 1. The molecule has 1 aromatic rings. The van der Waals surface area contributed by atoms with Crippen LogP contribution in [0, 0.1) is 5.41 Å². The second-order valence-electron chi connectivity index (χ2n) is 5.88. The molecule has 0 bridgehead atoms. The maximum absolute atomic E-state index is 12.3. The van der Waals surface area contributed by atoms with Crippen molar-refractivity contribution >= 4 is 60.1 Å². The molecule has 0 saturated carbocycles. The first-order chi connectivity index (χ1) is 13.4. The zero-order valence-electron chi connectivity index (χ0n) is 15.2. The van der Waals surface area contributed by atoms with Crippen molar-refractivity contribution in [2.75, 3.05) is 19.6 Å². The molecule has 14 heteroatoms. The lowest BCUT2D eigenvalue weighted by Gasteiger charge is -2.23. The van der Waals surface area contributed by atoms with Crippen LogP contribution < -0.4 is 8.92 Å². The molecule has 0 saturated heterocycles. The SMILES string of the molecule is COc1cc(C=C2C(=N)N3C(=NC2=O)SN=C3S(C)(=O)=O)ccc1OS(C)(=O)=O. The van der Waals surface area contributed by atoms with Crippen molar-refractivity contribution in [2.45, 2.75) is 0 Å². The molecule has 0 aromatic heterocycles. The van der Waals surface area contributed by atoms with Crippen molar-refractivity contribution in [1.29, 1.82) is 5.41 Å². The first kappa shape index (κ1) is 21.0. The number of carbonyl (C=O) groups excluding carboxylic acids is 1. The van der Waals surface area contributed by atoms with Gasteiger partial charge in [0.05, 0.1) is 30.9 Å². The smallest absolute Gasteiger partial charge is 0.306 e. The van der Waals surface area contributed by atoms with E-state index in [0.717, 1.165) is 17.4 Å². The maximum Gasteiger partial charge on any atom is 0.306 e. The molecule has 0 fully saturated rings. The molecule has 0 atom stereocenters. The lowest BCUT2D eigenvalue weighted by molar-refractivity contribution is -0.114. The van der Waals surface area contributed by atoms with E-state index in [1.807, 2.05) is 0 Å². The molecule has 2 aliphatic rings. The Morgan fingerprint density at radius 2 is 1.86 bits per heavy atom. The van der Waals surface area contributed by atoms with E-state index in [9.17, 15) is 21.6 Å². The number of methoxy groups -OCH3 is 1. The standard InChI is InChI=1S/C15H14N4O7S3/c1-25-11-7-8(4-5-10(11)26-29(3,23)24)6-9-12(16)19-14(17-13(9)20)27-18-15(19)28(2,21)22/h4-7,16H,1-3H3. The Labute approximate surface area is 170 Å². The van der Waals surface area contributed by atoms with Crippen LogP contribution in [-0.2, 0) is 24.7 Å². The maximum atomic E-state index is 12.3. The van der Waals surface area contributed by atoms with Gasteiger partial charge in [-0.3, -0.25) is 10.2 Å². The number of ether oxygens (including phenoxy) is 1. The van der Waals surface area contributed by atoms with Crippen molar-refractivity contribution in [2.24, 2.45) is 9.39 Å². The Balaban J connectivity index is 2.02. The van der Waals surface area contributed by atoms with Crippen LogP contribution in [0.25, 0.3) is 6.08 Å². The molecule has 3 rings (SSSR count). The summed E-state index contributed by atoms with van der Waals surface area (Å²) >= 11 is 0.693. The Morgan fingerprint density at radius 1 is 1.17 bits per heavy atom. The van der Waals surface area contributed by atoms with Gasteiger partial charge in [0, 0.05) is 6.26 Å². The number of carbonyl (C=O) groups is 1. The Morgan fingerprint density at radius 3 is 2.45 bits per heavy atom. The van der Waals surface area contributed by atoms with Gasteiger partial charge in [-0.25, -0.2) is 13.3 Å². The zero-order chi connectivity index (χ0) is 21.6. The summed E-state index contributed by atoms with van der Waals surface area (Å²) < 4.78 is 60.2. The number of benzene rings is 1. The van der Waals surface area contributed by atoms with Gasteiger partial charge in [0.15, 0.2) is 11.5 Å². The zero-order valence-corrected chi connectivity index (χ0v) is 17.7. The van der Waals surface area contributed by atoms with Crippen molar-refractivity contribution in [3.05, 3.63) is 29.3 Å². The van der Waals surface area contributed by atoms with E-state index in [0.29, 0.717) is 17.5 Å². The van der Waals surface area contributed by atoms with Crippen LogP contribution in [0.5, 0.6) is 11.5 Å². The number of amides is 1. The summed E-state index contributed by atoms with van der Waals surface area (Å²) in [6.45, 7) is 0. The molecular weight excluding hydrogens is 444 g/mol. The number of hydrogen-bond acceptors (Lipinski definition) is 10. The Bertz CT molecular complexity index is 1230. The Hall–Kier alpha value is -2.71. The number of nitrogens with zero attached hydrogens (tertiary/aromatic N) is 3. The van der Waals surface area contributed by atoms with Gasteiger partial charge in [-0.1, -0.05) is 6.07 Å². The predicted octanol–water partition coefficient (Wildman–Crippen LogP) is 0.655. The first-order valence-electron chi connectivity index (χ1n) is 7.67. The topological polar surface area (TPSA) is 156 Å². The number of hydrogen-bond donors (Lipinski definition) is 1. The summed E-state index contributed by atoms with van der Waals surface area (Å²) in [6.07, 6.45) is 3.13. The summed E-state index contributed by atoms with van der Waals surface area (Å²) in [5, 5.41) is 7.87. The molecule has 0 aliphatic carbocycles.